The third kappa shape index (κ3) is 2.95. The molecular formula is C11H17N3O4S. The number of H-pyrrole nitrogens is 1. The van der Waals surface area contributed by atoms with E-state index in [2.05, 4.69) is 10.2 Å². The van der Waals surface area contributed by atoms with Gasteiger partial charge in [0.15, 0.2) is 5.03 Å². The lowest BCUT2D eigenvalue weighted by Crippen LogP contribution is -2.30. The summed E-state index contributed by atoms with van der Waals surface area (Å²) in [6.45, 7) is 2.30. The summed E-state index contributed by atoms with van der Waals surface area (Å²) in [6.07, 6.45) is 3.27. The maximum atomic E-state index is 12.3. The number of sulfonamides is 1. The summed E-state index contributed by atoms with van der Waals surface area (Å²) in [5, 5.41) is 5.82. The van der Waals surface area contributed by atoms with Gasteiger partial charge in [-0.2, -0.15) is 9.40 Å². The molecule has 1 aromatic heterocycles. The normalized spacial score (nSPS) is 15.7. The molecule has 0 radical (unpaired) electrons. The molecule has 1 aliphatic rings. The van der Waals surface area contributed by atoms with Gasteiger partial charge in [-0.3, -0.25) is 5.10 Å². The summed E-state index contributed by atoms with van der Waals surface area (Å²) in [5.41, 5.74) is -0.0514. The van der Waals surface area contributed by atoms with Gasteiger partial charge in [-0.1, -0.05) is 0 Å². The van der Waals surface area contributed by atoms with Crippen molar-refractivity contribution in [2.75, 3.05) is 20.2 Å². The van der Waals surface area contributed by atoms with Crippen molar-refractivity contribution in [1.82, 2.24) is 14.5 Å². The maximum absolute atomic E-state index is 12.3. The Bertz CT molecular complexity index is 562. The molecule has 1 N–H and O–H groups in total. The van der Waals surface area contributed by atoms with Crippen LogP contribution >= 0.6 is 0 Å². The Morgan fingerprint density at radius 1 is 1.58 bits per heavy atom. The van der Waals surface area contributed by atoms with E-state index in [1.54, 1.807) is 6.92 Å². The van der Waals surface area contributed by atoms with E-state index in [9.17, 15) is 13.2 Å². The predicted octanol–water partition coefficient (Wildman–Crippen LogP) is 0.617. The third-order valence-electron chi connectivity index (χ3n) is 2.98. The number of nitrogens with zero attached hydrogens (tertiary/aromatic N) is 2. The molecular weight excluding hydrogens is 270 g/mol. The number of ether oxygens (including phenoxy) is 1. The van der Waals surface area contributed by atoms with Crippen molar-refractivity contribution in [1.29, 1.82) is 0 Å². The van der Waals surface area contributed by atoms with Gasteiger partial charge in [0.25, 0.3) is 10.0 Å². The highest BCUT2D eigenvalue weighted by Gasteiger charge is 2.33. The van der Waals surface area contributed by atoms with E-state index in [1.165, 1.54) is 17.5 Å². The smallest absolute Gasteiger partial charge is 0.342 e. The van der Waals surface area contributed by atoms with Crippen LogP contribution in [0.3, 0.4) is 0 Å². The minimum atomic E-state index is -3.73. The number of hydrogen-bond donors (Lipinski definition) is 1. The second-order valence-electron chi connectivity index (χ2n) is 4.56. The molecule has 0 saturated heterocycles. The molecule has 1 fully saturated rings. The summed E-state index contributed by atoms with van der Waals surface area (Å²) in [5.74, 6) is -0.261. The van der Waals surface area contributed by atoms with E-state index in [4.69, 9.17) is 4.74 Å². The Morgan fingerprint density at radius 2 is 2.26 bits per heavy atom. The highest BCUT2D eigenvalue weighted by molar-refractivity contribution is 7.89. The number of rotatable bonds is 6. The van der Waals surface area contributed by atoms with Gasteiger partial charge in [0.05, 0.1) is 12.8 Å². The molecule has 1 saturated carbocycles. The second kappa shape index (κ2) is 5.30. The molecule has 0 unspecified atom stereocenters. The zero-order chi connectivity index (χ0) is 14.0. The fourth-order valence-electron chi connectivity index (χ4n) is 1.74. The van der Waals surface area contributed by atoms with Crippen LogP contribution in [-0.2, 0) is 14.8 Å². The summed E-state index contributed by atoms with van der Waals surface area (Å²) in [4.78, 5) is 11.7. The van der Waals surface area contributed by atoms with Crippen LogP contribution in [0.5, 0.6) is 0 Å². The first-order valence-corrected chi connectivity index (χ1v) is 7.57. The van der Waals surface area contributed by atoms with Gasteiger partial charge in [0.2, 0.25) is 0 Å². The third-order valence-corrected chi connectivity index (χ3v) is 4.78. The Labute approximate surface area is 112 Å². The van der Waals surface area contributed by atoms with Crippen LogP contribution in [0, 0.1) is 5.92 Å². The molecule has 2 rings (SSSR count). The van der Waals surface area contributed by atoms with Gasteiger partial charge in [0.1, 0.15) is 5.56 Å². The van der Waals surface area contributed by atoms with Crippen molar-refractivity contribution in [2.24, 2.45) is 5.92 Å². The van der Waals surface area contributed by atoms with E-state index < -0.39 is 16.0 Å². The number of aromatic amines is 1. The van der Waals surface area contributed by atoms with Crippen molar-refractivity contribution in [3.8, 4) is 0 Å². The van der Waals surface area contributed by atoms with E-state index in [0.717, 1.165) is 12.8 Å². The van der Waals surface area contributed by atoms with Crippen LogP contribution in [0.2, 0.25) is 0 Å². The number of carbonyl (C=O) groups excluding carboxylic acids is 1. The molecule has 1 aliphatic carbocycles. The molecule has 19 heavy (non-hydrogen) atoms. The number of nitrogens with one attached hydrogen (secondary N) is 1. The molecule has 0 spiro atoms. The van der Waals surface area contributed by atoms with E-state index in [1.807, 2.05) is 0 Å². The first-order valence-electron chi connectivity index (χ1n) is 6.13. The average molecular weight is 287 g/mol. The van der Waals surface area contributed by atoms with Crippen LogP contribution in [0.4, 0.5) is 0 Å². The van der Waals surface area contributed by atoms with E-state index in [0.29, 0.717) is 12.5 Å². The molecule has 0 amide bonds. The molecule has 1 heterocycles. The van der Waals surface area contributed by atoms with E-state index >= 15 is 0 Å². The maximum Gasteiger partial charge on any atom is 0.342 e. The lowest BCUT2D eigenvalue weighted by molar-refractivity contribution is 0.0521. The summed E-state index contributed by atoms with van der Waals surface area (Å²) in [6, 6.07) is 0. The predicted molar refractivity (Wildman–Crippen MR) is 67.1 cm³/mol. The summed E-state index contributed by atoms with van der Waals surface area (Å²) >= 11 is 0. The number of esters is 1. The second-order valence-corrected chi connectivity index (χ2v) is 6.54. The van der Waals surface area contributed by atoms with Gasteiger partial charge in [0, 0.05) is 13.6 Å². The summed E-state index contributed by atoms with van der Waals surface area (Å²) < 4.78 is 30.7. The van der Waals surface area contributed by atoms with Crippen LogP contribution < -0.4 is 0 Å². The molecule has 0 bridgehead atoms. The zero-order valence-corrected chi connectivity index (χ0v) is 11.7. The van der Waals surface area contributed by atoms with Crippen molar-refractivity contribution < 1.29 is 17.9 Å². The van der Waals surface area contributed by atoms with Crippen LogP contribution in [0.15, 0.2) is 11.2 Å². The molecule has 8 heteroatoms. The van der Waals surface area contributed by atoms with Crippen molar-refractivity contribution in [3.05, 3.63) is 11.8 Å². The first kappa shape index (κ1) is 14.0. The lowest BCUT2D eigenvalue weighted by atomic mass is 10.4. The number of carbonyl (C=O) groups is 1. The number of hydrogen-bond acceptors (Lipinski definition) is 5. The highest BCUT2D eigenvalue weighted by Crippen LogP contribution is 2.31. The van der Waals surface area contributed by atoms with Crippen LogP contribution in [-0.4, -0.2) is 49.1 Å². The number of aromatic nitrogens is 2. The van der Waals surface area contributed by atoms with Gasteiger partial charge in [-0.05, 0) is 25.7 Å². The van der Waals surface area contributed by atoms with Crippen LogP contribution in [0.1, 0.15) is 30.1 Å². The molecule has 7 nitrogen and oxygen atoms in total. The van der Waals surface area contributed by atoms with Crippen molar-refractivity contribution in [3.63, 3.8) is 0 Å². The van der Waals surface area contributed by atoms with Gasteiger partial charge in [-0.15, -0.1) is 0 Å². The molecule has 0 aromatic carbocycles. The molecule has 106 valence electrons. The Morgan fingerprint density at radius 3 is 2.84 bits per heavy atom. The summed E-state index contributed by atoms with van der Waals surface area (Å²) in [7, 11) is -2.23. The molecule has 0 aliphatic heterocycles. The monoisotopic (exact) mass is 287 g/mol. The topological polar surface area (TPSA) is 92.4 Å². The minimum Gasteiger partial charge on any atom is -0.462 e. The van der Waals surface area contributed by atoms with Crippen molar-refractivity contribution in [2.45, 2.75) is 24.8 Å². The fourth-order valence-corrected chi connectivity index (χ4v) is 3.04. The quantitative estimate of drug-likeness (QED) is 0.774. The Hall–Kier alpha value is -1.41. The first-order chi connectivity index (χ1) is 8.96. The van der Waals surface area contributed by atoms with Gasteiger partial charge < -0.3 is 4.74 Å². The van der Waals surface area contributed by atoms with Crippen LogP contribution in [0.25, 0.3) is 0 Å². The zero-order valence-electron chi connectivity index (χ0n) is 10.9. The standard InChI is InChI=1S/C11H17N3O4S/c1-3-18-11(15)9-6-12-13-10(9)19(16,17)14(2)7-8-4-5-8/h6,8H,3-5,7H2,1-2H3,(H,12,13). The SMILES string of the molecule is CCOC(=O)c1cn[nH]c1S(=O)(=O)N(C)CC1CC1. The van der Waals surface area contributed by atoms with Crippen molar-refractivity contribution >= 4 is 16.0 Å². The lowest BCUT2D eigenvalue weighted by Gasteiger charge is -2.16. The Balaban J connectivity index is 2.24. The van der Waals surface area contributed by atoms with E-state index in [-0.39, 0.29) is 17.2 Å². The van der Waals surface area contributed by atoms with Gasteiger partial charge in [-0.25, -0.2) is 13.2 Å². The Kier molecular flexibility index (Phi) is 3.91. The molecule has 1 aromatic rings. The fraction of sp³-hybridized carbons (Fsp3) is 0.636. The minimum absolute atomic E-state index is 0.0514. The average Bonchev–Trinajstić information content (AvgIpc) is 3.02. The highest BCUT2D eigenvalue weighted by atomic mass is 32.2. The molecule has 0 atom stereocenters. The largest absolute Gasteiger partial charge is 0.462 e. The van der Waals surface area contributed by atoms with Gasteiger partial charge >= 0.3 is 5.97 Å².